The normalized spacial score (nSPS) is 11.6. The summed E-state index contributed by atoms with van der Waals surface area (Å²) < 4.78 is 50.0. The second kappa shape index (κ2) is 9.36. The van der Waals surface area contributed by atoms with Crippen LogP contribution in [0.15, 0.2) is 60.7 Å². The number of thiophene rings is 1. The molecule has 0 aliphatic heterocycles. The topological polar surface area (TPSA) is 35.5 Å². The third-order valence-electron chi connectivity index (χ3n) is 4.08. The number of carbonyl (C=O) groups is 1. The summed E-state index contributed by atoms with van der Waals surface area (Å²) in [7, 11) is 1.46. The minimum Gasteiger partial charge on any atom is -0.493 e. The van der Waals surface area contributed by atoms with Crippen LogP contribution >= 0.6 is 22.9 Å². The van der Waals surface area contributed by atoms with E-state index in [2.05, 4.69) is 0 Å². The first kappa shape index (κ1) is 21.9. The Labute approximate surface area is 180 Å². The molecule has 0 saturated carbocycles. The van der Waals surface area contributed by atoms with Crippen molar-refractivity contribution in [2.45, 2.75) is 12.8 Å². The van der Waals surface area contributed by atoms with Crippen LogP contribution in [0.4, 0.5) is 13.2 Å². The molecule has 0 bridgehead atoms. The molecule has 30 heavy (non-hydrogen) atoms. The third kappa shape index (κ3) is 5.64. The highest BCUT2D eigenvalue weighted by Gasteiger charge is 2.30. The zero-order valence-corrected chi connectivity index (χ0v) is 17.3. The molecule has 3 rings (SSSR count). The number of rotatable bonds is 7. The zero-order valence-electron chi connectivity index (χ0n) is 15.7. The van der Waals surface area contributed by atoms with Crippen molar-refractivity contribution < 1.29 is 27.4 Å². The molecule has 0 atom stereocenters. The molecule has 0 radical (unpaired) electrons. The molecule has 156 valence electrons. The summed E-state index contributed by atoms with van der Waals surface area (Å²) in [4.78, 5) is 12.7. The maximum Gasteiger partial charge on any atom is 0.416 e. The van der Waals surface area contributed by atoms with Gasteiger partial charge in [-0.1, -0.05) is 35.9 Å². The number of methoxy groups -OCH3 is 1. The Morgan fingerprint density at radius 1 is 1.10 bits per heavy atom. The molecule has 0 fully saturated rings. The summed E-state index contributed by atoms with van der Waals surface area (Å²) in [5, 5.41) is 0. The average molecular weight is 453 g/mol. The van der Waals surface area contributed by atoms with Crippen LogP contribution in [0.3, 0.4) is 0 Å². The lowest BCUT2D eigenvalue weighted by atomic mass is 10.1. The van der Waals surface area contributed by atoms with Crippen molar-refractivity contribution in [3.8, 4) is 11.5 Å². The van der Waals surface area contributed by atoms with Gasteiger partial charge in [0.15, 0.2) is 17.3 Å². The molecule has 1 aromatic heterocycles. The number of ketones is 1. The largest absolute Gasteiger partial charge is 0.493 e. The fourth-order valence-electron chi connectivity index (χ4n) is 2.61. The zero-order chi connectivity index (χ0) is 21.7. The molecule has 0 saturated heterocycles. The van der Waals surface area contributed by atoms with Gasteiger partial charge in [0, 0.05) is 0 Å². The first-order chi connectivity index (χ1) is 14.3. The van der Waals surface area contributed by atoms with E-state index >= 15 is 0 Å². The van der Waals surface area contributed by atoms with Crippen molar-refractivity contribution in [1.82, 2.24) is 0 Å². The summed E-state index contributed by atoms with van der Waals surface area (Å²) in [6.07, 6.45) is -1.34. The van der Waals surface area contributed by atoms with Crippen LogP contribution in [-0.4, -0.2) is 12.9 Å². The lowest BCUT2D eigenvalue weighted by Gasteiger charge is -2.13. The van der Waals surface area contributed by atoms with E-state index in [4.69, 9.17) is 21.1 Å². The van der Waals surface area contributed by atoms with Crippen LogP contribution < -0.4 is 9.47 Å². The number of carbonyl (C=O) groups excluding carboxylic acids is 1. The van der Waals surface area contributed by atoms with Crippen LogP contribution in [-0.2, 0) is 12.8 Å². The number of ether oxygens (including phenoxy) is 2. The molecule has 8 heteroatoms. The molecule has 0 amide bonds. The van der Waals surface area contributed by atoms with Crippen molar-refractivity contribution in [1.29, 1.82) is 0 Å². The van der Waals surface area contributed by atoms with Gasteiger partial charge in [0.05, 0.1) is 21.9 Å². The fraction of sp³-hybridized carbons (Fsp3) is 0.136. The monoisotopic (exact) mass is 452 g/mol. The van der Waals surface area contributed by atoms with Gasteiger partial charge in [-0.15, -0.1) is 11.3 Å². The maximum atomic E-state index is 12.8. The molecule has 0 N–H and O–H groups in total. The lowest BCUT2D eigenvalue weighted by molar-refractivity contribution is -0.137. The molecule has 3 nitrogen and oxygen atoms in total. The second-order valence-corrected chi connectivity index (χ2v) is 7.91. The molecule has 0 spiro atoms. The Bertz CT molecular complexity index is 1070. The number of hydrogen-bond acceptors (Lipinski definition) is 4. The molecular weight excluding hydrogens is 437 g/mol. The molecule has 2 aromatic carbocycles. The van der Waals surface area contributed by atoms with Crippen molar-refractivity contribution in [2.24, 2.45) is 0 Å². The average Bonchev–Trinajstić information content (AvgIpc) is 3.16. The number of halogens is 4. The smallest absolute Gasteiger partial charge is 0.416 e. The van der Waals surface area contributed by atoms with E-state index in [0.29, 0.717) is 31.8 Å². The highest BCUT2D eigenvalue weighted by molar-refractivity contribution is 7.18. The van der Waals surface area contributed by atoms with Gasteiger partial charge in [0.25, 0.3) is 0 Å². The summed E-state index contributed by atoms with van der Waals surface area (Å²) in [5.74, 6) is 0.606. The van der Waals surface area contributed by atoms with Crippen molar-refractivity contribution in [3.63, 3.8) is 0 Å². The lowest BCUT2D eigenvalue weighted by Crippen LogP contribution is -2.06. The van der Waals surface area contributed by atoms with Crippen LogP contribution in [0, 0.1) is 0 Å². The minimum absolute atomic E-state index is 0.0485. The number of alkyl halides is 3. The summed E-state index contributed by atoms with van der Waals surface area (Å²) in [6.45, 7) is -0.0485. The molecule has 1 heterocycles. The Kier molecular flexibility index (Phi) is 6.84. The quantitative estimate of drug-likeness (QED) is 0.289. The highest BCUT2D eigenvalue weighted by Crippen LogP contribution is 2.32. The Morgan fingerprint density at radius 3 is 2.57 bits per heavy atom. The van der Waals surface area contributed by atoms with E-state index < -0.39 is 11.7 Å². The predicted octanol–water partition coefficient (Wildman–Crippen LogP) is 6.90. The van der Waals surface area contributed by atoms with Crippen LogP contribution in [0.2, 0.25) is 4.34 Å². The van der Waals surface area contributed by atoms with Gasteiger partial charge in [0.1, 0.15) is 6.61 Å². The standard InChI is InChI=1S/C22H16ClF3O3S/c1-28-19-12-14(5-7-17(27)20-9-10-21(23)30-20)6-8-18(19)29-13-15-3-2-4-16(11-15)22(24,25)26/h2-12H,13H2,1H3/b7-5+. The second-order valence-electron chi connectivity index (χ2n) is 6.20. The summed E-state index contributed by atoms with van der Waals surface area (Å²) in [5.41, 5.74) is 0.359. The fourth-order valence-corrected chi connectivity index (χ4v) is 3.57. The molecule has 0 aliphatic carbocycles. The van der Waals surface area contributed by atoms with E-state index in [-0.39, 0.29) is 12.4 Å². The SMILES string of the molecule is COc1cc(/C=C/C(=O)c2ccc(Cl)s2)ccc1OCc1cccc(C(F)(F)F)c1. The molecule has 3 aromatic rings. The van der Waals surface area contributed by atoms with Gasteiger partial charge in [-0.05, 0) is 53.6 Å². The highest BCUT2D eigenvalue weighted by atomic mass is 35.5. The van der Waals surface area contributed by atoms with Crippen LogP contribution in [0.5, 0.6) is 11.5 Å². The first-order valence-corrected chi connectivity index (χ1v) is 9.90. The summed E-state index contributed by atoms with van der Waals surface area (Å²) in [6, 6.07) is 13.3. The third-order valence-corrected chi connectivity index (χ3v) is 5.33. The van der Waals surface area contributed by atoms with Gasteiger partial charge in [0.2, 0.25) is 0 Å². The number of hydrogen-bond donors (Lipinski definition) is 0. The van der Waals surface area contributed by atoms with Gasteiger partial charge in [-0.3, -0.25) is 4.79 Å². The van der Waals surface area contributed by atoms with E-state index in [1.54, 1.807) is 42.5 Å². The van der Waals surface area contributed by atoms with Gasteiger partial charge in [-0.25, -0.2) is 0 Å². The van der Waals surface area contributed by atoms with E-state index in [0.717, 1.165) is 12.1 Å². The maximum absolute atomic E-state index is 12.8. The van der Waals surface area contributed by atoms with Crippen molar-refractivity contribution >= 4 is 34.8 Å². The Hall–Kier alpha value is -2.77. The Balaban J connectivity index is 1.70. The van der Waals surface area contributed by atoms with Gasteiger partial charge in [-0.2, -0.15) is 13.2 Å². The van der Waals surface area contributed by atoms with Crippen LogP contribution in [0.1, 0.15) is 26.4 Å². The number of allylic oxidation sites excluding steroid dienone is 1. The van der Waals surface area contributed by atoms with Gasteiger partial charge < -0.3 is 9.47 Å². The van der Waals surface area contributed by atoms with Crippen molar-refractivity contribution in [3.05, 3.63) is 86.6 Å². The molecule has 0 unspecified atom stereocenters. The van der Waals surface area contributed by atoms with E-state index in [1.807, 2.05) is 0 Å². The van der Waals surface area contributed by atoms with E-state index in [1.165, 1.54) is 30.6 Å². The molecule has 0 aliphatic rings. The minimum atomic E-state index is -4.41. The Morgan fingerprint density at radius 2 is 1.90 bits per heavy atom. The van der Waals surface area contributed by atoms with Crippen molar-refractivity contribution in [2.75, 3.05) is 7.11 Å². The van der Waals surface area contributed by atoms with E-state index in [9.17, 15) is 18.0 Å². The predicted molar refractivity (Wildman–Crippen MR) is 111 cm³/mol. The molecular formula is C22H16ClF3O3S. The first-order valence-electron chi connectivity index (χ1n) is 8.71. The summed E-state index contributed by atoms with van der Waals surface area (Å²) >= 11 is 7.04. The number of benzene rings is 2. The van der Waals surface area contributed by atoms with Gasteiger partial charge >= 0.3 is 6.18 Å². The van der Waals surface area contributed by atoms with Crippen LogP contribution in [0.25, 0.3) is 6.08 Å².